The highest BCUT2D eigenvalue weighted by Gasteiger charge is 2.36. The molecule has 0 saturated carbocycles. The number of hydrogen-bond donors (Lipinski definition) is 2. The average Bonchev–Trinajstić information content (AvgIpc) is 2.84. The van der Waals surface area contributed by atoms with Gasteiger partial charge in [-0.25, -0.2) is 9.69 Å². The molecule has 0 radical (unpaired) electrons. The number of benzene rings is 3. The van der Waals surface area contributed by atoms with Crippen molar-refractivity contribution in [1.29, 1.82) is 0 Å². The number of rotatable bonds is 6. The van der Waals surface area contributed by atoms with Crippen LogP contribution >= 0.6 is 34.8 Å². The molecule has 0 unspecified atom stereocenters. The monoisotopic (exact) mass is 557 g/mol. The third kappa shape index (κ3) is 6.11. The van der Waals surface area contributed by atoms with Gasteiger partial charge in [0.25, 0.3) is 17.7 Å². The van der Waals surface area contributed by atoms with Crippen molar-refractivity contribution in [2.75, 3.05) is 16.8 Å². The molecule has 188 valence electrons. The second kappa shape index (κ2) is 11.0. The molecule has 0 bridgehead atoms. The van der Waals surface area contributed by atoms with E-state index in [2.05, 4.69) is 10.6 Å². The van der Waals surface area contributed by atoms with Crippen LogP contribution in [0.25, 0.3) is 6.08 Å². The summed E-state index contributed by atoms with van der Waals surface area (Å²) in [4.78, 5) is 50.8. The smallest absolute Gasteiger partial charge is 0.335 e. The molecule has 4 rings (SSSR count). The summed E-state index contributed by atoms with van der Waals surface area (Å²) in [5.74, 6) is -1.85. The Morgan fingerprint density at radius 3 is 2.38 bits per heavy atom. The molecule has 3 aromatic carbocycles. The predicted molar refractivity (Wildman–Crippen MR) is 142 cm³/mol. The third-order valence-electron chi connectivity index (χ3n) is 5.27. The number of imide groups is 2. The van der Waals surface area contributed by atoms with Crippen molar-refractivity contribution in [2.24, 2.45) is 0 Å². The van der Waals surface area contributed by atoms with Gasteiger partial charge < -0.3 is 10.1 Å². The summed E-state index contributed by atoms with van der Waals surface area (Å²) in [6.45, 7) is 1.54. The van der Waals surface area contributed by atoms with Crippen molar-refractivity contribution < 1.29 is 23.9 Å². The zero-order valence-electron chi connectivity index (χ0n) is 19.2. The number of aryl methyl sites for hydroxylation is 1. The van der Waals surface area contributed by atoms with Gasteiger partial charge in [0.2, 0.25) is 0 Å². The first-order chi connectivity index (χ1) is 17.6. The molecule has 5 amide bonds. The van der Waals surface area contributed by atoms with Crippen LogP contribution in [0.2, 0.25) is 15.1 Å². The topological polar surface area (TPSA) is 105 Å². The molecule has 1 aliphatic rings. The average molecular weight is 559 g/mol. The minimum absolute atomic E-state index is 0.148. The van der Waals surface area contributed by atoms with Gasteiger partial charge in [-0.3, -0.25) is 19.7 Å². The number of carbonyl (C=O) groups excluding carboxylic acids is 4. The summed E-state index contributed by atoms with van der Waals surface area (Å²) in [7, 11) is 0. The molecular weight excluding hydrogens is 541 g/mol. The number of nitrogens with zero attached hydrogens (tertiary/aromatic N) is 1. The molecular formula is C26H18Cl3N3O5. The van der Waals surface area contributed by atoms with Gasteiger partial charge in [-0.05, 0) is 72.7 Å². The van der Waals surface area contributed by atoms with Gasteiger partial charge in [0, 0.05) is 15.7 Å². The fourth-order valence-corrected chi connectivity index (χ4v) is 3.93. The maximum Gasteiger partial charge on any atom is 0.335 e. The van der Waals surface area contributed by atoms with E-state index in [0.29, 0.717) is 21.3 Å². The van der Waals surface area contributed by atoms with Crippen LogP contribution in [0, 0.1) is 6.92 Å². The number of nitrogens with one attached hydrogen (secondary N) is 2. The van der Waals surface area contributed by atoms with Crippen LogP contribution in [0.15, 0.2) is 66.2 Å². The van der Waals surface area contributed by atoms with Crippen LogP contribution in [0.1, 0.15) is 11.1 Å². The van der Waals surface area contributed by atoms with Crippen molar-refractivity contribution in [3.8, 4) is 5.75 Å². The standard InChI is InChI=1S/C26H18Cl3N3O5/c1-14-2-6-17(12-20(14)28)30-23(33)13-37-22-9-3-15(11-21(22)29)10-19-24(34)31-26(36)32(25(19)35)18-7-4-16(27)5-8-18/h2-12H,13H2,1H3,(H,30,33)(H,31,34,36)/b19-10-. The molecule has 0 spiro atoms. The summed E-state index contributed by atoms with van der Waals surface area (Å²) in [5.41, 5.74) is 1.79. The Balaban J connectivity index is 1.46. The van der Waals surface area contributed by atoms with Gasteiger partial charge in [-0.1, -0.05) is 46.9 Å². The first-order valence-corrected chi connectivity index (χ1v) is 11.9. The van der Waals surface area contributed by atoms with Gasteiger partial charge in [0.05, 0.1) is 10.7 Å². The lowest BCUT2D eigenvalue weighted by atomic mass is 10.1. The molecule has 0 aromatic heterocycles. The van der Waals surface area contributed by atoms with Gasteiger partial charge in [-0.2, -0.15) is 0 Å². The number of carbonyl (C=O) groups is 4. The normalized spacial score (nSPS) is 14.5. The van der Waals surface area contributed by atoms with E-state index < -0.39 is 23.8 Å². The number of anilines is 2. The Hall–Kier alpha value is -3.85. The van der Waals surface area contributed by atoms with E-state index in [0.717, 1.165) is 10.5 Å². The van der Waals surface area contributed by atoms with Crippen molar-refractivity contribution in [2.45, 2.75) is 6.92 Å². The zero-order valence-corrected chi connectivity index (χ0v) is 21.4. The van der Waals surface area contributed by atoms with Crippen molar-refractivity contribution in [3.63, 3.8) is 0 Å². The fourth-order valence-electron chi connectivity index (χ4n) is 3.38. The largest absolute Gasteiger partial charge is 0.482 e. The molecule has 0 aliphatic carbocycles. The number of urea groups is 1. The number of halogens is 3. The van der Waals surface area contributed by atoms with E-state index in [4.69, 9.17) is 39.5 Å². The van der Waals surface area contributed by atoms with E-state index in [1.807, 2.05) is 6.92 Å². The quantitative estimate of drug-likeness (QED) is 0.301. The minimum atomic E-state index is -0.873. The zero-order chi connectivity index (χ0) is 26.7. The summed E-state index contributed by atoms with van der Waals surface area (Å²) >= 11 is 18.2. The molecule has 37 heavy (non-hydrogen) atoms. The summed E-state index contributed by atoms with van der Waals surface area (Å²) in [5, 5.41) is 5.92. The van der Waals surface area contributed by atoms with Crippen LogP contribution < -0.4 is 20.3 Å². The highest BCUT2D eigenvalue weighted by Crippen LogP contribution is 2.28. The molecule has 2 N–H and O–H groups in total. The third-order valence-corrected chi connectivity index (χ3v) is 6.22. The van der Waals surface area contributed by atoms with E-state index in [1.54, 1.807) is 24.3 Å². The van der Waals surface area contributed by atoms with E-state index >= 15 is 0 Å². The molecule has 1 heterocycles. The lowest BCUT2D eigenvalue weighted by Gasteiger charge is -2.26. The van der Waals surface area contributed by atoms with E-state index in [9.17, 15) is 19.2 Å². The van der Waals surface area contributed by atoms with Crippen molar-refractivity contribution in [3.05, 3.63) is 92.4 Å². The van der Waals surface area contributed by atoms with Crippen LogP contribution in [0.3, 0.4) is 0 Å². The van der Waals surface area contributed by atoms with Gasteiger partial charge in [-0.15, -0.1) is 0 Å². The SMILES string of the molecule is Cc1ccc(NC(=O)COc2ccc(/C=C3/C(=O)NC(=O)N(c4ccc(Cl)cc4)C3=O)cc2Cl)cc1Cl. The summed E-state index contributed by atoms with van der Waals surface area (Å²) < 4.78 is 5.50. The first-order valence-electron chi connectivity index (χ1n) is 10.8. The van der Waals surface area contributed by atoms with Crippen LogP contribution in [0.5, 0.6) is 5.75 Å². The summed E-state index contributed by atoms with van der Waals surface area (Å²) in [6.07, 6.45) is 1.30. The highest BCUT2D eigenvalue weighted by atomic mass is 35.5. The number of amides is 5. The number of barbiturate groups is 1. The van der Waals surface area contributed by atoms with E-state index in [-0.39, 0.29) is 28.6 Å². The van der Waals surface area contributed by atoms with Crippen LogP contribution in [-0.4, -0.2) is 30.4 Å². The second-order valence-electron chi connectivity index (χ2n) is 7.92. The Morgan fingerprint density at radius 1 is 0.973 bits per heavy atom. The number of hydrogen-bond acceptors (Lipinski definition) is 5. The van der Waals surface area contributed by atoms with Crippen molar-refractivity contribution in [1.82, 2.24) is 5.32 Å². The molecule has 1 fully saturated rings. The molecule has 3 aromatic rings. The van der Waals surface area contributed by atoms with Gasteiger partial charge in [0.15, 0.2) is 6.61 Å². The maximum absolute atomic E-state index is 13.0. The second-order valence-corrected chi connectivity index (χ2v) is 9.18. The molecule has 1 aliphatic heterocycles. The molecule has 1 saturated heterocycles. The Labute approximate surface area is 226 Å². The molecule has 11 heteroatoms. The van der Waals surface area contributed by atoms with Crippen LogP contribution in [-0.2, 0) is 14.4 Å². The van der Waals surface area contributed by atoms with Gasteiger partial charge >= 0.3 is 6.03 Å². The first kappa shape index (κ1) is 26.2. The lowest BCUT2D eigenvalue weighted by Crippen LogP contribution is -2.54. The Kier molecular flexibility index (Phi) is 7.83. The molecule has 0 atom stereocenters. The Morgan fingerprint density at radius 2 is 1.70 bits per heavy atom. The lowest BCUT2D eigenvalue weighted by molar-refractivity contribution is -0.122. The van der Waals surface area contributed by atoms with Crippen LogP contribution in [0.4, 0.5) is 16.2 Å². The van der Waals surface area contributed by atoms with E-state index in [1.165, 1.54) is 42.5 Å². The molecule has 8 nitrogen and oxygen atoms in total. The highest BCUT2D eigenvalue weighted by molar-refractivity contribution is 6.39. The number of ether oxygens (including phenoxy) is 1. The predicted octanol–water partition coefficient (Wildman–Crippen LogP) is 5.64. The van der Waals surface area contributed by atoms with Crippen molar-refractivity contribution >= 4 is 76.0 Å². The maximum atomic E-state index is 13.0. The minimum Gasteiger partial charge on any atom is -0.482 e. The fraction of sp³-hybridized carbons (Fsp3) is 0.0769. The van der Waals surface area contributed by atoms with Gasteiger partial charge in [0.1, 0.15) is 11.3 Å². The summed E-state index contributed by atoms with van der Waals surface area (Å²) in [6, 6.07) is 14.8. The Bertz CT molecular complexity index is 1450.